The van der Waals surface area contributed by atoms with Gasteiger partial charge in [0, 0.05) is 36.0 Å². The third-order valence-electron chi connectivity index (χ3n) is 5.50. The second kappa shape index (κ2) is 9.15. The summed E-state index contributed by atoms with van der Waals surface area (Å²) < 4.78 is 10.5. The Balaban J connectivity index is 1.36. The van der Waals surface area contributed by atoms with Crippen LogP contribution >= 0.6 is 11.3 Å². The van der Waals surface area contributed by atoms with E-state index in [-0.39, 0.29) is 17.9 Å². The normalized spacial score (nSPS) is 16.5. The molecule has 1 aromatic carbocycles. The van der Waals surface area contributed by atoms with Crippen molar-refractivity contribution >= 4 is 17.2 Å². The number of likely N-dealkylation sites (N-methyl/N-ethyl adjacent to an activating group) is 1. The van der Waals surface area contributed by atoms with Gasteiger partial charge in [0.1, 0.15) is 16.5 Å². The first-order chi connectivity index (χ1) is 14.9. The third-order valence-corrected chi connectivity index (χ3v) is 6.39. The van der Waals surface area contributed by atoms with Gasteiger partial charge in [-0.2, -0.15) is 4.98 Å². The van der Waals surface area contributed by atoms with Crippen LogP contribution in [-0.2, 0) is 6.54 Å². The molecule has 31 heavy (non-hydrogen) atoms. The minimum absolute atomic E-state index is 0.0198. The van der Waals surface area contributed by atoms with Gasteiger partial charge in [-0.15, -0.1) is 11.3 Å². The standard InChI is InChI=1S/C22H27N5O3S/c1-14(2)20-24-19(25-30-20)12-26(3)16-9-10-27(11-16)22(28)18-13-31-21(23-18)15-5-7-17(29-4)8-6-15/h5-8,13-14,16H,9-12H2,1-4H3. The van der Waals surface area contributed by atoms with Crippen LogP contribution in [0.15, 0.2) is 34.2 Å². The van der Waals surface area contributed by atoms with E-state index in [0.29, 0.717) is 37.0 Å². The van der Waals surface area contributed by atoms with Gasteiger partial charge in [0.2, 0.25) is 5.89 Å². The van der Waals surface area contributed by atoms with Gasteiger partial charge in [-0.3, -0.25) is 9.69 Å². The van der Waals surface area contributed by atoms with Gasteiger partial charge in [0.05, 0.1) is 13.7 Å². The van der Waals surface area contributed by atoms with Crippen molar-refractivity contribution in [2.24, 2.45) is 0 Å². The molecule has 0 spiro atoms. The molecule has 0 aliphatic carbocycles. The minimum Gasteiger partial charge on any atom is -0.497 e. The lowest BCUT2D eigenvalue weighted by Crippen LogP contribution is -2.36. The van der Waals surface area contributed by atoms with Crippen molar-refractivity contribution < 1.29 is 14.1 Å². The fourth-order valence-corrected chi connectivity index (χ4v) is 4.40. The highest BCUT2D eigenvalue weighted by atomic mass is 32.1. The number of hydrogen-bond acceptors (Lipinski definition) is 8. The smallest absolute Gasteiger partial charge is 0.273 e. The van der Waals surface area contributed by atoms with Crippen LogP contribution in [0.1, 0.15) is 48.4 Å². The zero-order chi connectivity index (χ0) is 22.0. The van der Waals surface area contributed by atoms with Crippen LogP contribution in [0.2, 0.25) is 0 Å². The van der Waals surface area contributed by atoms with Crippen molar-refractivity contribution in [3.05, 3.63) is 47.1 Å². The maximum Gasteiger partial charge on any atom is 0.273 e. The number of rotatable bonds is 7. The van der Waals surface area contributed by atoms with Crippen molar-refractivity contribution in [2.45, 2.75) is 38.8 Å². The van der Waals surface area contributed by atoms with E-state index in [9.17, 15) is 4.79 Å². The van der Waals surface area contributed by atoms with Crippen LogP contribution in [0.4, 0.5) is 0 Å². The molecule has 0 bridgehead atoms. The maximum atomic E-state index is 13.0. The molecule has 8 nitrogen and oxygen atoms in total. The number of methoxy groups -OCH3 is 1. The molecule has 1 saturated heterocycles. The summed E-state index contributed by atoms with van der Waals surface area (Å²) in [7, 11) is 3.68. The molecule has 0 radical (unpaired) electrons. The van der Waals surface area contributed by atoms with Crippen LogP contribution in [0.25, 0.3) is 10.6 Å². The summed E-state index contributed by atoms with van der Waals surface area (Å²) in [5, 5.41) is 6.74. The predicted molar refractivity (Wildman–Crippen MR) is 118 cm³/mol. The summed E-state index contributed by atoms with van der Waals surface area (Å²) in [4.78, 5) is 26.1. The highest BCUT2D eigenvalue weighted by Crippen LogP contribution is 2.27. The number of benzene rings is 1. The Morgan fingerprint density at radius 3 is 2.77 bits per heavy atom. The lowest BCUT2D eigenvalue weighted by Gasteiger charge is -2.23. The summed E-state index contributed by atoms with van der Waals surface area (Å²) in [6.45, 7) is 6.04. The number of thiazole rings is 1. The Bertz CT molecular complexity index is 1030. The summed E-state index contributed by atoms with van der Waals surface area (Å²) in [5.41, 5.74) is 1.48. The predicted octanol–water partition coefficient (Wildman–Crippen LogP) is 3.67. The molecule has 3 aromatic rings. The van der Waals surface area contributed by atoms with E-state index in [0.717, 1.165) is 22.7 Å². The number of amides is 1. The molecule has 0 N–H and O–H groups in total. The van der Waals surface area contributed by atoms with Gasteiger partial charge in [-0.1, -0.05) is 19.0 Å². The van der Waals surface area contributed by atoms with Crippen LogP contribution in [0.5, 0.6) is 5.75 Å². The summed E-state index contributed by atoms with van der Waals surface area (Å²) in [5.74, 6) is 2.33. The van der Waals surface area contributed by atoms with Gasteiger partial charge >= 0.3 is 0 Å². The second-order valence-corrected chi connectivity index (χ2v) is 8.94. The molecule has 1 unspecified atom stereocenters. The van der Waals surface area contributed by atoms with Crippen molar-refractivity contribution in [2.75, 3.05) is 27.2 Å². The van der Waals surface area contributed by atoms with E-state index in [2.05, 4.69) is 20.0 Å². The average molecular weight is 442 g/mol. The number of carbonyl (C=O) groups excluding carboxylic acids is 1. The molecule has 164 valence electrons. The van der Waals surface area contributed by atoms with Crippen molar-refractivity contribution in [1.29, 1.82) is 0 Å². The van der Waals surface area contributed by atoms with E-state index in [1.54, 1.807) is 7.11 Å². The second-order valence-electron chi connectivity index (χ2n) is 8.08. The zero-order valence-corrected chi connectivity index (χ0v) is 19.1. The Morgan fingerprint density at radius 1 is 1.32 bits per heavy atom. The average Bonchev–Trinajstić information content (AvgIpc) is 3.53. The van der Waals surface area contributed by atoms with Crippen LogP contribution < -0.4 is 4.74 Å². The molecule has 3 heterocycles. The Hall–Kier alpha value is -2.78. The monoisotopic (exact) mass is 441 g/mol. The number of carbonyl (C=O) groups is 1. The first-order valence-electron chi connectivity index (χ1n) is 10.4. The van der Waals surface area contributed by atoms with Gasteiger partial charge in [0.15, 0.2) is 5.82 Å². The highest BCUT2D eigenvalue weighted by Gasteiger charge is 2.31. The Kier molecular flexibility index (Phi) is 6.33. The number of likely N-dealkylation sites (tertiary alicyclic amines) is 1. The molecule has 2 aromatic heterocycles. The van der Waals surface area contributed by atoms with Crippen LogP contribution in [0.3, 0.4) is 0 Å². The van der Waals surface area contributed by atoms with Gasteiger partial charge in [-0.25, -0.2) is 4.98 Å². The largest absolute Gasteiger partial charge is 0.497 e. The topological polar surface area (TPSA) is 84.6 Å². The number of hydrogen-bond donors (Lipinski definition) is 0. The first-order valence-corrected chi connectivity index (χ1v) is 11.2. The lowest BCUT2D eigenvalue weighted by molar-refractivity contribution is 0.0774. The van der Waals surface area contributed by atoms with E-state index in [1.807, 2.05) is 55.4 Å². The first kappa shape index (κ1) is 21.5. The molecule has 1 aliphatic rings. The molecule has 4 rings (SSSR count). The summed E-state index contributed by atoms with van der Waals surface area (Å²) in [6.07, 6.45) is 0.909. The molecule has 1 aliphatic heterocycles. The summed E-state index contributed by atoms with van der Waals surface area (Å²) >= 11 is 1.48. The van der Waals surface area contributed by atoms with Crippen molar-refractivity contribution in [1.82, 2.24) is 24.9 Å². The zero-order valence-electron chi connectivity index (χ0n) is 18.2. The molecule has 9 heteroatoms. The van der Waals surface area contributed by atoms with E-state index >= 15 is 0 Å². The van der Waals surface area contributed by atoms with E-state index in [1.165, 1.54) is 11.3 Å². The lowest BCUT2D eigenvalue weighted by atomic mass is 10.2. The number of ether oxygens (including phenoxy) is 1. The molecule has 0 saturated carbocycles. The molecule has 1 amide bonds. The maximum absolute atomic E-state index is 13.0. The van der Waals surface area contributed by atoms with Gasteiger partial charge in [0.25, 0.3) is 5.91 Å². The van der Waals surface area contributed by atoms with E-state index in [4.69, 9.17) is 9.26 Å². The van der Waals surface area contributed by atoms with Crippen molar-refractivity contribution in [3.8, 4) is 16.3 Å². The number of aromatic nitrogens is 3. The summed E-state index contributed by atoms with van der Waals surface area (Å²) in [6, 6.07) is 7.95. The Labute approximate surface area is 185 Å². The quantitative estimate of drug-likeness (QED) is 0.553. The highest BCUT2D eigenvalue weighted by molar-refractivity contribution is 7.13. The molecular formula is C22H27N5O3S. The SMILES string of the molecule is COc1ccc(-c2nc(C(=O)N3CCC(N(C)Cc4noc(C(C)C)n4)C3)cs2)cc1. The van der Waals surface area contributed by atoms with Crippen molar-refractivity contribution in [3.63, 3.8) is 0 Å². The van der Waals surface area contributed by atoms with Crippen LogP contribution in [-0.4, -0.2) is 64.1 Å². The molecular weight excluding hydrogens is 414 g/mol. The molecule has 1 atom stereocenters. The van der Waals surface area contributed by atoms with Gasteiger partial charge < -0.3 is 14.2 Å². The van der Waals surface area contributed by atoms with Gasteiger partial charge in [-0.05, 0) is 37.7 Å². The fraction of sp³-hybridized carbons (Fsp3) is 0.455. The number of nitrogens with zero attached hydrogens (tertiary/aromatic N) is 5. The Morgan fingerprint density at radius 2 is 2.10 bits per heavy atom. The fourth-order valence-electron chi connectivity index (χ4n) is 3.60. The molecule has 1 fully saturated rings. The van der Waals surface area contributed by atoms with E-state index < -0.39 is 0 Å². The van der Waals surface area contributed by atoms with Crippen LogP contribution in [0, 0.1) is 0 Å². The minimum atomic E-state index is -0.0198. The third kappa shape index (κ3) is 4.77.